The molecule has 0 unspecified atom stereocenters. The number of hydrogen-bond acceptors (Lipinski definition) is 2. The second-order valence-electron chi connectivity index (χ2n) is 6.87. The molecule has 0 spiro atoms. The molecular weight excluding hydrogens is 272 g/mol. The van der Waals surface area contributed by atoms with Crippen molar-refractivity contribution in [1.82, 2.24) is 9.80 Å². The maximum Gasteiger partial charge on any atom is 0.253 e. The van der Waals surface area contributed by atoms with Crippen LogP contribution in [0, 0.1) is 5.92 Å². The minimum absolute atomic E-state index is 0.201. The van der Waals surface area contributed by atoms with Gasteiger partial charge in [-0.05, 0) is 62.3 Å². The summed E-state index contributed by atoms with van der Waals surface area (Å²) < 4.78 is 0. The summed E-state index contributed by atoms with van der Waals surface area (Å²) in [6, 6.07) is 8.30. The Bertz CT molecular complexity index is 487. The van der Waals surface area contributed by atoms with Gasteiger partial charge in [-0.3, -0.25) is 9.69 Å². The van der Waals surface area contributed by atoms with Crippen LogP contribution in [0.25, 0.3) is 0 Å². The molecule has 0 atom stereocenters. The predicted octanol–water partition coefficient (Wildman–Crippen LogP) is 3.54. The Morgan fingerprint density at radius 1 is 1.18 bits per heavy atom. The molecule has 2 aliphatic rings. The highest BCUT2D eigenvalue weighted by Gasteiger charge is 2.24. The minimum atomic E-state index is 0.201. The molecule has 0 N–H and O–H groups in total. The zero-order valence-corrected chi connectivity index (χ0v) is 13.8. The van der Waals surface area contributed by atoms with Crippen LogP contribution in [0.1, 0.15) is 54.9 Å². The Morgan fingerprint density at radius 2 is 1.86 bits per heavy atom. The van der Waals surface area contributed by atoms with Gasteiger partial charge in [0, 0.05) is 31.7 Å². The number of carbonyl (C=O) groups excluding carboxylic acids is 1. The molecule has 1 aromatic carbocycles. The third-order valence-electron chi connectivity index (χ3n) is 4.75. The molecule has 2 fully saturated rings. The van der Waals surface area contributed by atoms with Crippen molar-refractivity contribution in [3.8, 4) is 0 Å². The molecule has 0 radical (unpaired) electrons. The zero-order chi connectivity index (χ0) is 15.4. The lowest BCUT2D eigenvalue weighted by molar-refractivity contribution is 0.0793. The first-order chi connectivity index (χ1) is 10.8. The number of rotatable bonds is 7. The SMILES string of the molecule is CCCN(Cc1ccc(C(=O)N2CCCC2)cc1)CC1CC1. The number of benzene rings is 1. The Balaban J connectivity index is 1.58. The minimum Gasteiger partial charge on any atom is -0.339 e. The average molecular weight is 300 g/mol. The van der Waals surface area contributed by atoms with Crippen LogP contribution in [-0.2, 0) is 6.54 Å². The van der Waals surface area contributed by atoms with Crippen LogP contribution in [0.4, 0.5) is 0 Å². The lowest BCUT2D eigenvalue weighted by Gasteiger charge is -2.22. The molecule has 1 aliphatic carbocycles. The van der Waals surface area contributed by atoms with E-state index in [1.54, 1.807) is 0 Å². The van der Waals surface area contributed by atoms with Gasteiger partial charge in [-0.15, -0.1) is 0 Å². The van der Waals surface area contributed by atoms with Gasteiger partial charge < -0.3 is 4.90 Å². The van der Waals surface area contributed by atoms with Gasteiger partial charge in [0.25, 0.3) is 5.91 Å². The molecule has 1 amide bonds. The first-order valence-electron chi connectivity index (χ1n) is 8.87. The normalized spacial score (nSPS) is 18.2. The number of amides is 1. The van der Waals surface area contributed by atoms with Crippen molar-refractivity contribution in [2.45, 2.75) is 45.6 Å². The summed E-state index contributed by atoms with van der Waals surface area (Å²) in [5.74, 6) is 1.13. The van der Waals surface area contributed by atoms with Crippen LogP contribution in [-0.4, -0.2) is 41.9 Å². The zero-order valence-electron chi connectivity index (χ0n) is 13.8. The quantitative estimate of drug-likeness (QED) is 0.769. The second kappa shape index (κ2) is 7.28. The topological polar surface area (TPSA) is 23.6 Å². The molecule has 1 heterocycles. The van der Waals surface area contributed by atoms with Gasteiger partial charge in [-0.1, -0.05) is 19.1 Å². The van der Waals surface area contributed by atoms with E-state index < -0.39 is 0 Å². The fraction of sp³-hybridized carbons (Fsp3) is 0.632. The monoisotopic (exact) mass is 300 g/mol. The van der Waals surface area contributed by atoms with E-state index in [1.807, 2.05) is 17.0 Å². The fourth-order valence-electron chi connectivity index (χ4n) is 3.33. The molecular formula is C19H28N2O. The van der Waals surface area contributed by atoms with Crippen LogP contribution < -0.4 is 0 Å². The Hall–Kier alpha value is -1.35. The van der Waals surface area contributed by atoms with Gasteiger partial charge >= 0.3 is 0 Å². The van der Waals surface area contributed by atoms with Crippen LogP contribution in [0.15, 0.2) is 24.3 Å². The van der Waals surface area contributed by atoms with Gasteiger partial charge in [0.1, 0.15) is 0 Å². The summed E-state index contributed by atoms with van der Waals surface area (Å²) in [5, 5.41) is 0. The van der Waals surface area contributed by atoms with Crippen LogP contribution in [0.2, 0.25) is 0 Å². The molecule has 0 aromatic heterocycles. The first-order valence-corrected chi connectivity index (χ1v) is 8.87. The summed E-state index contributed by atoms with van der Waals surface area (Å²) in [6.45, 7) is 7.52. The smallest absolute Gasteiger partial charge is 0.253 e. The molecule has 1 aromatic rings. The first kappa shape index (κ1) is 15.5. The van der Waals surface area contributed by atoms with Crippen LogP contribution in [0.3, 0.4) is 0 Å². The van der Waals surface area contributed by atoms with Crippen molar-refractivity contribution in [2.75, 3.05) is 26.2 Å². The van der Waals surface area contributed by atoms with Crippen molar-refractivity contribution < 1.29 is 4.79 Å². The second-order valence-corrected chi connectivity index (χ2v) is 6.87. The van der Waals surface area contributed by atoms with E-state index in [4.69, 9.17) is 0 Å². The van der Waals surface area contributed by atoms with E-state index in [-0.39, 0.29) is 5.91 Å². The third-order valence-corrected chi connectivity index (χ3v) is 4.75. The molecule has 0 bridgehead atoms. The van der Waals surface area contributed by atoms with E-state index >= 15 is 0 Å². The Labute approximate surface area is 134 Å². The number of nitrogens with zero attached hydrogens (tertiary/aromatic N) is 2. The van der Waals surface area contributed by atoms with Crippen molar-refractivity contribution in [1.29, 1.82) is 0 Å². The standard InChI is InChI=1S/C19H28N2O/c1-2-11-20(14-16-5-6-16)15-17-7-9-18(10-8-17)19(22)21-12-3-4-13-21/h7-10,16H,2-6,11-15H2,1H3. The van der Waals surface area contributed by atoms with E-state index in [0.717, 1.165) is 44.0 Å². The molecule has 1 saturated carbocycles. The molecule has 3 heteroatoms. The number of likely N-dealkylation sites (tertiary alicyclic amines) is 1. The largest absolute Gasteiger partial charge is 0.339 e. The third kappa shape index (κ3) is 4.10. The number of hydrogen-bond donors (Lipinski definition) is 0. The van der Waals surface area contributed by atoms with Crippen LogP contribution >= 0.6 is 0 Å². The highest BCUT2D eigenvalue weighted by molar-refractivity contribution is 5.94. The van der Waals surface area contributed by atoms with Gasteiger partial charge in [0.15, 0.2) is 0 Å². The van der Waals surface area contributed by atoms with E-state index in [2.05, 4.69) is 24.0 Å². The fourth-order valence-corrected chi connectivity index (χ4v) is 3.33. The maximum absolute atomic E-state index is 12.4. The van der Waals surface area contributed by atoms with Crippen molar-refractivity contribution >= 4 is 5.91 Å². The molecule has 1 saturated heterocycles. The van der Waals surface area contributed by atoms with E-state index in [9.17, 15) is 4.79 Å². The summed E-state index contributed by atoms with van der Waals surface area (Å²) >= 11 is 0. The summed E-state index contributed by atoms with van der Waals surface area (Å²) in [4.78, 5) is 16.9. The van der Waals surface area contributed by atoms with Gasteiger partial charge in [0.2, 0.25) is 0 Å². The maximum atomic E-state index is 12.4. The lowest BCUT2D eigenvalue weighted by Crippen LogP contribution is -2.28. The number of carbonyl (C=O) groups is 1. The summed E-state index contributed by atoms with van der Waals surface area (Å²) in [7, 11) is 0. The highest BCUT2D eigenvalue weighted by Crippen LogP contribution is 2.30. The van der Waals surface area contributed by atoms with E-state index in [1.165, 1.54) is 37.9 Å². The van der Waals surface area contributed by atoms with Crippen molar-refractivity contribution in [3.63, 3.8) is 0 Å². The Kier molecular flexibility index (Phi) is 5.14. The molecule has 3 rings (SSSR count). The molecule has 3 nitrogen and oxygen atoms in total. The lowest BCUT2D eigenvalue weighted by atomic mass is 10.1. The molecule has 1 aliphatic heterocycles. The van der Waals surface area contributed by atoms with Crippen molar-refractivity contribution in [2.24, 2.45) is 5.92 Å². The van der Waals surface area contributed by atoms with Gasteiger partial charge in [-0.2, -0.15) is 0 Å². The molecule has 22 heavy (non-hydrogen) atoms. The predicted molar refractivity (Wildman–Crippen MR) is 89.9 cm³/mol. The molecule has 120 valence electrons. The Morgan fingerprint density at radius 3 is 2.45 bits per heavy atom. The summed E-state index contributed by atoms with van der Waals surface area (Å²) in [6.07, 6.45) is 6.32. The van der Waals surface area contributed by atoms with Crippen molar-refractivity contribution in [3.05, 3.63) is 35.4 Å². The summed E-state index contributed by atoms with van der Waals surface area (Å²) in [5.41, 5.74) is 2.17. The van der Waals surface area contributed by atoms with Gasteiger partial charge in [0.05, 0.1) is 0 Å². The van der Waals surface area contributed by atoms with E-state index in [0.29, 0.717) is 0 Å². The average Bonchev–Trinajstić information content (AvgIpc) is 3.17. The highest BCUT2D eigenvalue weighted by atomic mass is 16.2. The van der Waals surface area contributed by atoms with Crippen LogP contribution in [0.5, 0.6) is 0 Å². The van der Waals surface area contributed by atoms with Gasteiger partial charge in [-0.25, -0.2) is 0 Å².